The molecule has 0 aliphatic carbocycles. The van der Waals surface area contributed by atoms with E-state index in [0.717, 1.165) is 24.4 Å². The van der Waals surface area contributed by atoms with Crippen LogP contribution in [0.4, 0.5) is 20.2 Å². The molecule has 0 fully saturated rings. The van der Waals surface area contributed by atoms with Crippen molar-refractivity contribution in [1.29, 1.82) is 0 Å². The van der Waals surface area contributed by atoms with E-state index in [1.807, 2.05) is 0 Å². The molecule has 0 unspecified atom stereocenters. The second-order valence-corrected chi connectivity index (χ2v) is 6.02. The number of amides is 2. The Bertz CT molecular complexity index is 959. The first-order chi connectivity index (χ1) is 12.8. The van der Waals surface area contributed by atoms with Crippen molar-refractivity contribution >= 4 is 29.2 Å². The van der Waals surface area contributed by atoms with Crippen LogP contribution in [-0.2, 0) is 16.0 Å². The number of esters is 1. The van der Waals surface area contributed by atoms with E-state index in [0.29, 0.717) is 19.0 Å². The zero-order chi connectivity index (χ0) is 19.7. The van der Waals surface area contributed by atoms with Crippen molar-refractivity contribution in [3.8, 4) is 0 Å². The third-order valence-electron chi connectivity index (χ3n) is 4.33. The molecule has 0 radical (unpaired) electrons. The largest absolute Gasteiger partial charge is 0.465 e. The lowest BCUT2D eigenvalue weighted by Crippen LogP contribution is -2.25. The zero-order valence-electron chi connectivity index (χ0n) is 14.6. The van der Waals surface area contributed by atoms with Crippen molar-refractivity contribution in [2.24, 2.45) is 0 Å². The predicted octanol–water partition coefficient (Wildman–Crippen LogP) is 2.91. The van der Waals surface area contributed by atoms with Gasteiger partial charge in [-0.05, 0) is 36.2 Å². The van der Waals surface area contributed by atoms with Crippen LogP contribution < -0.4 is 10.2 Å². The van der Waals surface area contributed by atoms with Gasteiger partial charge in [-0.3, -0.25) is 9.59 Å². The second kappa shape index (κ2) is 7.14. The van der Waals surface area contributed by atoms with Gasteiger partial charge in [0.15, 0.2) is 0 Å². The zero-order valence-corrected chi connectivity index (χ0v) is 14.6. The van der Waals surface area contributed by atoms with Gasteiger partial charge in [-0.15, -0.1) is 0 Å². The molecule has 1 aliphatic rings. The van der Waals surface area contributed by atoms with Gasteiger partial charge >= 0.3 is 5.97 Å². The molecule has 6 nitrogen and oxygen atoms in total. The standard InChI is InChI=1S/C19H16F2N2O4/c1-10(24)23-6-5-11-7-12(3-4-17(11)23)18(25)22-16-8-13(19(26)27-2)14(20)9-15(16)21/h3-4,7-9H,5-6H2,1-2H3,(H,22,25). The number of benzene rings is 2. The molecule has 0 saturated carbocycles. The van der Waals surface area contributed by atoms with Gasteiger partial charge in [-0.1, -0.05) is 0 Å². The minimum absolute atomic E-state index is 0.0883. The number of nitrogens with one attached hydrogen (secondary N) is 1. The molecular weight excluding hydrogens is 358 g/mol. The Balaban J connectivity index is 1.86. The number of methoxy groups -OCH3 is 1. The maximum atomic E-state index is 14.0. The maximum absolute atomic E-state index is 14.0. The summed E-state index contributed by atoms with van der Waals surface area (Å²) in [7, 11) is 1.07. The summed E-state index contributed by atoms with van der Waals surface area (Å²) in [4.78, 5) is 37.2. The van der Waals surface area contributed by atoms with Crippen molar-refractivity contribution in [2.75, 3.05) is 23.9 Å². The molecule has 3 rings (SSSR count). The van der Waals surface area contributed by atoms with Gasteiger partial charge < -0.3 is 15.0 Å². The summed E-state index contributed by atoms with van der Waals surface area (Å²) in [5.41, 5.74) is 0.989. The Kier molecular flexibility index (Phi) is 4.89. The lowest BCUT2D eigenvalue weighted by molar-refractivity contribution is -0.116. The molecule has 2 aromatic rings. The van der Waals surface area contributed by atoms with E-state index in [2.05, 4.69) is 10.1 Å². The maximum Gasteiger partial charge on any atom is 0.340 e. The number of carbonyl (C=O) groups excluding carboxylic acids is 3. The number of rotatable bonds is 3. The van der Waals surface area contributed by atoms with Crippen molar-refractivity contribution in [2.45, 2.75) is 13.3 Å². The van der Waals surface area contributed by atoms with Gasteiger partial charge in [-0.2, -0.15) is 0 Å². The fourth-order valence-electron chi connectivity index (χ4n) is 2.98. The van der Waals surface area contributed by atoms with Crippen LogP contribution in [0.25, 0.3) is 0 Å². The van der Waals surface area contributed by atoms with Gasteiger partial charge in [0.2, 0.25) is 5.91 Å². The van der Waals surface area contributed by atoms with Crippen LogP contribution >= 0.6 is 0 Å². The summed E-state index contributed by atoms with van der Waals surface area (Å²) >= 11 is 0. The summed E-state index contributed by atoms with van der Waals surface area (Å²) in [6.07, 6.45) is 0.605. The van der Waals surface area contributed by atoms with Crippen LogP contribution in [0.1, 0.15) is 33.2 Å². The number of ether oxygens (including phenoxy) is 1. The predicted molar refractivity (Wildman–Crippen MR) is 93.8 cm³/mol. The van der Waals surface area contributed by atoms with Gasteiger partial charge in [0.25, 0.3) is 5.91 Å². The normalized spacial score (nSPS) is 12.5. The van der Waals surface area contributed by atoms with Crippen LogP contribution in [0.5, 0.6) is 0 Å². The molecule has 1 heterocycles. The Labute approximate surface area is 153 Å². The third-order valence-corrected chi connectivity index (χ3v) is 4.33. The summed E-state index contributed by atoms with van der Waals surface area (Å²) in [6, 6.07) is 6.18. The lowest BCUT2D eigenvalue weighted by Gasteiger charge is -2.15. The topological polar surface area (TPSA) is 75.7 Å². The lowest BCUT2D eigenvalue weighted by atomic mass is 10.1. The molecular formula is C19H16F2N2O4. The molecule has 1 N–H and O–H groups in total. The highest BCUT2D eigenvalue weighted by molar-refractivity contribution is 6.06. The number of hydrogen-bond donors (Lipinski definition) is 1. The molecule has 0 bridgehead atoms. The summed E-state index contributed by atoms with van der Waals surface area (Å²) < 4.78 is 32.1. The number of anilines is 2. The molecule has 0 saturated heterocycles. The summed E-state index contributed by atoms with van der Waals surface area (Å²) in [5.74, 6) is -3.79. The molecule has 8 heteroatoms. The van der Waals surface area contributed by atoms with Crippen LogP contribution in [0.2, 0.25) is 0 Å². The quantitative estimate of drug-likeness (QED) is 0.839. The van der Waals surface area contributed by atoms with Gasteiger partial charge in [0.1, 0.15) is 11.6 Å². The van der Waals surface area contributed by atoms with Crippen molar-refractivity contribution in [3.63, 3.8) is 0 Å². The molecule has 0 atom stereocenters. The van der Waals surface area contributed by atoms with E-state index >= 15 is 0 Å². The Morgan fingerprint density at radius 1 is 1.11 bits per heavy atom. The van der Waals surface area contributed by atoms with Crippen LogP contribution in [0, 0.1) is 11.6 Å². The molecule has 140 valence electrons. The second-order valence-electron chi connectivity index (χ2n) is 6.02. The number of halogens is 2. The third kappa shape index (κ3) is 3.51. The van der Waals surface area contributed by atoms with E-state index in [4.69, 9.17) is 0 Å². The van der Waals surface area contributed by atoms with Crippen molar-refractivity contribution in [3.05, 3.63) is 58.7 Å². The summed E-state index contributed by atoms with van der Waals surface area (Å²) in [5, 5.41) is 2.33. The Morgan fingerprint density at radius 3 is 2.52 bits per heavy atom. The highest BCUT2D eigenvalue weighted by atomic mass is 19.1. The van der Waals surface area contributed by atoms with E-state index < -0.39 is 29.1 Å². The first kappa shape index (κ1) is 18.5. The minimum atomic E-state index is -1.08. The Hall–Kier alpha value is -3.29. The molecule has 0 spiro atoms. The van der Waals surface area contributed by atoms with Gasteiger partial charge in [0.05, 0.1) is 18.4 Å². The van der Waals surface area contributed by atoms with Crippen molar-refractivity contribution in [1.82, 2.24) is 0 Å². The Morgan fingerprint density at radius 2 is 1.85 bits per heavy atom. The first-order valence-electron chi connectivity index (χ1n) is 8.11. The molecule has 1 aliphatic heterocycles. The number of carbonyl (C=O) groups is 3. The molecule has 27 heavy (non-hydrogen) atoms. The van der Waals surface area contributed by atoms with Gasteiger partial charge in [0, 0.05) is 30.8 Å². The number of fused-ring (bicyclic) bond motifs is 1. The van der Waals surface area contributed by atoms with E-state index in [1.54, 1.807) is 17.0 Å². The molecule has 2 aromatic carbocycles. The number of nitrogens with zero attached hydrogens (tertiary/aromatic N) is 1. The monoisotopic (exact) mass is 374 g/mol. The summed E-state index contributed by atoms with van der Waals surface area (Å²) in [6.45, 7) is 2.00. The van der Waals surface area contributed by atoms with Gasteiger partial charge in [-0.25, -0.2) is 13.6 Å². The smallest absolute Gasteiger partial charge is 0.340 e. The van der Waals surface area contributed by atoms with Crippen LogP contribution in [0.15, 0.2) is 30.3 Å². The van der Waals surface area contributed by atoms with E-state index in [9.17, 15) is 23.2 Å². The molecule has 0 aromatic heterocycles. The van der Waals surface area contributed by atoms with Crippen LogP contribution in [0.3, 0.4) is 0 Å². The highest BCUT2D eigenvalue weighted by Gasteiger charge is 2.24. The number of hydrogen-bond acceptors (Lipinski definition) is 4. The van der Waals surface area contributed by atoms with E-state index in [1.165, 1.54) is 13.0 Å². The first-order valence-corrected chi connectivity index (χ1v) is 8.11. The van der Waals surface area contributed by atoms with E-state index in [-0.39, 0.29) is 17.2 Å². The highest BCUT2D eigenvalue weighted by Crippen LogP contribution is 2.29. The fraction of sp³-hybridized carbons (Fsp3) is 0.211. The fourth-order valence-corrected chi connectivity index (χ4v) is 2.98. The SMILES string of the molecule is COC(=O)c1cc(NC(=O)c2ccc3c(c2)CCN3C(C)=O)c(F)cc1F. The molecule has 2 amide bonds. The minimum Gasteiger partial charge on any atom is -0.465 e. The average molecular weight is 374 g/mol. The van der Waals surface area contributed by atoms with Crippen molar-refractivity contribution < 1.29 is 27.9 Å². The average Bonchev–Trinajstić information content (AvgIpc) is 3.06. The van der Waals surface area contributed by atoms with Crippen LogP contribution in [-0.4, -0.2) is 31.4 Å².